The van der Waals surface area contributed by atoms with Crippen molar-refractivity contribution < 1.29 is 62.3 Å². The Balaban J connectivity index is 0.000000242. The quantitative estimate of drug-likeness (QED) is 0.0618. The summed E-state index contributed by atoms with van der Waals surface area (Å²) in [5.74, 6) is -1.77. The van der Waals surface area contributed by atoms with Crippen LogP contribution in [0.4, 0.5) is 27.8 Å². The van der Waals surface area contributed by atoms with Crippen LogP contribution in [0.3, 0.4) is 0 Å². The molecule has 0 spiro atoms. The van der Waals surface area contributed by atoms with E-state index in [1.54, 1.807) is 126 Å². The lowest BCUT2D eigenvalue weighted by atomic mass is 10.1. The first kappa shape index (κ1) is 62.2. The number of carbonyl (C=O) groups excluding carboxylic acids is 3. The fourth-order valence-electron chi connectivity index (χ4n) is 8.22. The van der Waals surface area contributed by atoms with Gasteiger partial charge in [0.05, 0.1) is 56.6 Å². The van der Waals surface area contributed by atoms with Crippen molar-refractivity contribution in [1.29, 1.82) is 0 Å². The third kappa shape index (κ3) is 14.4. The highest BCUT2D eigenvalue weighted by Crippen LogP contribution is 2.39. The number of amides is 1. The summed E-state index contributed by atoms with van der Waals surface area (Å²) in [6.45, 7) is 14.1. The van der Waals surface area contributed by atoms with Crippen molar-refractivity contribution in [2.24, 2.45) is 0 Å². The molecule has 0 aliphatic heterocycles. The minimum atomic E-state index is -4.56. The Morgan fingerprint density at radius 2 is 0.819 bits per heavy atom. The first-order chi connectivity index (χ1) is 39.1. The van der Waals surface area contributed by atoms with Crippen LogP contribution < -0.4 is 17.6 Å². The van der Waals surface area contributed by atoms with Crippen LogP contribution in [0.1, 0.15) is 56.9 Å². The van der Waals surface area contributed by atoms with Crippen LogP contribution in [-0.4, -0.2) is 93.6 Å². The van der Waals surface area contributed by atoms with Crippen molar-refractivity contribution in [1.82, 2.24) is 9.97 Å². The van der Waals surface area contributed by atoms with Crippen LogP contribution in [0.5, 0.6) is 0 Å². The van der Waals surface area contributed by atoms with Gasteiger partial charge in [-0.3, -0.25) is 14.3 Å². The Morgan fingerprint density at radius 1 is 0.470 bits per heavy atom. The Morgan fingerprint density at radius 3 is 1.22 bits per heavy atom. The van der Waals surface area contributed by atoms with E-state index in [9.17, 15) is 48.1 Å². The van der Waals surface area contributed by atoms with E-state index in [2.05, 4.69) is 14.7 Å². The van der Waals surface area contributed by atoms with E-state index in [4.69, 9.17) is 14.2 Å². The topological polar surface area (TPSA) is 263 Å². The van der Waals surface area contributed by atoms with Gasteiger partial charge in [0.1, 0.15) is 18.7 Å². The smallest absolute Gasteiger partial charge is 0.429 e. The largest absolute Gasteiger partial charge is 0.465 e. The fraction of sp³-hybridized carbons (Fsp3) is 0.237. The molecule has 0 bridgehead atoms. The van der Waals surface area contributed by atoms with Crippen molar-refractivity contribution in [3.8, 4) is 0 Å². The molecular weight excluding hydrogens is 1140 g/mol. The summed E-state index contributed by atoms with van der Waals surface area (Å²) in [7, 11) is -17.1. The summed E-state index contributed by atoms with van der Waals surface area (Å²) < 4.78 is 130. The fourth-order valence-corrected chi connectivity index (χ4v) is 13.4. The van der Waals surface area contributed by atoms with Crippen LogP contribution >= 0.6 is 0 Å². The summed E-state index contributed by atoms with van der Waals surface area (Å²) in [6, 6.07) is 37.5. The summed E-state index contributed by atoms with van der Waals surface area (Å²) >= 11 is 0. The van der Waals surface area contributed by atoms with Crippen molar-refractivity contribution in [3.63, 3.8) is 0 Å². The van der Waals surface area contributed by atoms with E-state index in [1.807, 2.05) is 20.8 Å². The lowest BCUT2D eigenvalue weighted by molar-refractivity contribution is -0.142. The predicted molar refractivity (Wildman–Crippen MR) is 317 cm³/mol. The number of benzene rings is 6. The van der Waals surface area contributed by atoms with Gasteiger partial charge in [0, 0.05) is 21.5 Å². The monoisotopic (exact) mass is 1210 g/mol. The molecule has 83 heavy (non-hydrogen) atoms. The molecule has 0 saturated carbocycles. The number of nitrogens with zero attached hydrogens (tertiary/aromatic N) is 5. The highest BCUT2D eigenvalue weighted by molar-refractivity contribution is 7.94. The Kier molecular flexibility index (Phi) is 19.0. The molecule has 0 saturated heterocycles. The van der Waals surface area contributed by atoms with Gasteiger partial charge in [0.25, 0.3) is 40.1 Å². The Hall–Kier alpha value is -8.45. The lowest BCUT2D eigenvalue weighted by Gasteiger charge is -2.29. The molecule has 0 atom stereocenters. The zero-order chi connectivity index (χ0) is 60.7. The van der Waals surface area contributed by atoms with Crippen molar-refractivity contribution >= 4 is 103 Å². The normalized spacial score (nSPS) is 11.9. The highest BCUT2D eigenvalue weighted by atomic mass is 32.2. The SMILES string of the molecule is CCOC(=O)CN(c1ncc(N(C(=O)OC(C)(C)C)S(=O)(=O)c2ccc(C)cc2)c2ccccc12)S(=O)(=O)c1ccc(C)cc1.CCOC(=O)CN(c1ncc(NS(=O)(=O)c2ccc(C)cc2)c2ccccc12)S(=O)(=O)c1ccc(C)cc1. The molecule has 20 nitrogen and oxygen atoms in total. The third-order valence-electron chi connectivity index (χ3n) is 12.3. The van der Waals surface area contributed by atoms with Gasteiger partial charge < -0.3 is 14.2 Å². The number of ether oxygens (including phenoxy) is 3. The zero-order valence-electron chi connectivity index (χ0n) is 46.9. The number of aromatic nitrogens is 2. The van der Waals surface area contributed by atoms with Gasteiger partial charge >= 0.3 is 18.0 Å². The van der Waals surface area contributed by atoms with E-state index in [-0.39, 0.29) is 66.6 Å². The molecule has 0 fully saturated rings. The van der Waals surface area contributed by atoms with Gasteiger partial charge in [0.2, 0.25) is 0 Å². The van der Waals surface area contributed by atoms with Crippen molar-refractivity contribution in [3.05, 3.63) is 180 Å². The first-order valence-electron chi connectivity index (χ1n) is 25.8. The first-order valence-corrected chi connectivity index (χ1v) is 31.6. The summed E-state index contributed by atoms with van der Waals surface area (Å²) in [4.78, 5) is 47.3. The van der Waals surface area contributed by atoms with Crippen LogP contribution in [0.25, 0.3) is 21.5 Å². The number of rotatable bonds is 18. The van der Waals surface area contributed by atoms with Gasteiger partial charge in [-0.1, -0.05) is 119 Å². The second kappa shape index (κ2) is 25.4. The Bertz CT molecular complexity index is 4160. The van der Waals surface area contributed by atoms with Gasteiger partial charge in [-0.2, -0.15) is 4.31 Å². The number of carbonyl (C=O) groups is 3. The average Bonchev–Trinajstić information content (AvgIpc) is 3.37. The third-order valence-corrected chi connectivity index (χ3v) is 18.9. The molecule has 8 aromatic rings. The second-order valence-corrected chi connectivity index (χ2v) is 27.0. The number of sulfonamides is 4. The van der Waals surface area contributed by atoms with Crippen LogP contribution in [0.15, 0.2) is 178 Å². The minimum Gasteiger partial charge on any atom is -0.465 e. The number of nitrogens with one attached hydrogen (secondary N) is 1. The average molecular weight is 1210 g/mol. The molecule has 6 aromatic carbocycles. The maximum atomic E-state index is 14.1. The van der Waals surface area contributed by atoms with E-state index >= 15 is 0 Å². The molecule has 8 rings (SSSR count). The molecular formula is C59H62N6O14S4. The number of hydrogen-bond acceptors (Lipinski definition) is 16. The predicted octanol–water partition coefficient (Wildman–Crippen LogP) is 10.2. The molecule has 24 heteroatoms. The Labute approximate surface area is 483 Å². The van der Waals surface area contributed by atoms with E-state index < -0.39 is 76.8 Å². The number of esters is 2. The number of anilines is 4. The summed E-state index contributed by atoms with van der Waals surface area (Å²) in [6.07, 6.45) is 1.14. The molecule has 436 valence electrons. The molecule has 2 aromatic heterocycles. The maximum absolute atomic E-state index is 14.1. The number of aryl methyl sites for hydroxylation is 4. The van der Waals surface area contributed by atoms with E-state index in [1.165, 1.54) is 66.9 Å². The van der Waals surface area contributed by atoms with Gasteiger partial charge in [-0.25, -0.2) is 57.0 Å². The molecule has 1 amide bonds. The minimum absolute atomic E-state index is 0.0199. The number of hydrogen-bond donors (Lipinski definition) is 1. The van der Waals surface area contributed by atoms with Crippen LogP contribution in [0.2, 0.25) is 0 Å². The van der Waals surface area contributed by atoms with Gasteiger partial charge in [-0.05, 0) is 111 Å². The number of fused-ring (bicyclic) bond motifs is 2. The summed E-state index contributed by atoms with van der Waals surface area (Å²) in [5.41, 5.74) is 2.36. The van der Waals surface area contributed by atoms with Crippen molar-refractivity contribution in [2.45, 2.75) is 87.5 Å². The van der Waals surface area contributed by atoms with E-state index in [0.717, 1.165) is 37.1 Å². The second-order valence-electron chi connectivity index (χ2n) is 19.8. The van der Waals surface area contributed by atoms with Gasteiger partial charge in [0.15, 0.2) is 11.6 Å². The molecule has 0 aliphatic carbocycles. The molecule has 0 unspecified atom stereocenters. The van der Waals surface area contributed by atoms with Crippen LogP contribution in [0, 0.1) is 27.7 Å². The van der Waals surface area contributed by atoms with Crippen molar-refractivity contribution in [2.75, 3.05) is 43.9 Å². The number of pyridine rings is 2. The summed E-state index contributed by atoms with van der Waals surface area (Å²) in [5, 5.41) is 1.05. The van der Waals surface area contributed by atoms with E-state index in [0.29, 0.717) is 15.1 Å². The standard InChI is InChI=1S/C32H35N3O8S2.C27H27N3O6S2/c1-7-42-29(36)21-34(44(38,39)24-16-12-22(2)13-17-24)30-27-11-9-8-10-26(27)28(20-33-30)35(31(37)43-32(4,5)6)45(40,41)25-18-14-23(3)15-19-25;1-4-36-26(31)18-30(38(34,35)22-15-11-20(3)12-16-22)27-24-8-6-5-7-23(24)25(17-28-27)29-37(32,33)21-13-9-19(2)10-14-21/h8-20H,7,21H2,1-6H3;5-17,29H,4,18H2,1-3H3. The molecule has 0 radical (unpaired) electrons. The molecule has 1 N–H and O–H groups in total. The highest BCUT2D eigenvalue weighted by Gasteiger charge is 2.38. The van der Waals surface area contributed by atoms with Gasteiger partial charge in [-0.15, -0.1) is 0 Å². The molecule has 0 aliphatic rings. The lowest BCUT2D eigenvalue weighted by Crippen LogP contribution is -2.41. The zero-order valence-corrected chi connectivity index (χ0v) is 50.2. The maximum Gasteiger partial charge on any atom is 0.429 e. The molecule has 2 heterocycles. The van der Waals surface area contributed by atoms with Crippen LogP contribution in [-0.2, 0) is 63.9 Å².